The fourth-order valence-electron chi connectivity index (χ4n) is 1.68. The highest BCUT2D eigenvalue weighted by Crippen LogP contribution is 2.26. The van der Waals surface area contributed by atoms with Gasteiger partial charge in [0.1, 0.15) is 0 Å². The molecule has 1 aliphatic carbocycles. The largest absolute Gasteiger partial charge is 0.389 e. The van der Waals surface area contributed by atoms with Crippen LogP contribution < -0.4 is 11.1 Å². The molecule has 0 unspecified atom stereocenters. The number of likely N-dealkylation sites (N-methyl/N-ethyl adjacent to an activating group) is 1. The van der Waals surface area contributed by atoms with E-state index in [9.17, 15) is 5.11 Å². The fourth-order valence-corrected chi connectivity index (χ4v) is 1.68. The van der Waals surface area contributed by atoms with Gasteiger partial charge in [-0.2, -0.15) is 0 Å². The Morgan fingerprint density at radius 2 is 2.09 bits per heavy atom. The molecule has 66 valence electrons. The number of hydrogen-bond donors (Lipinski definition) is 3. The van der Waals surface area contributed by atoms with Gasteiger partial charge in [-0.25, -0.2) is 0 Å². The molecule has 1 rings (SSSR count). The lowest BCUT2D eigenvalue weighted by Gasteiger charge is -2.34. The SMILES string of the molecule is CNCC1(O)CCC(N)CC1. The summed E-state index contributed by atoms with van der Waals surface area (Å²) in [5.41, 5.74) is 5.24. The van der Waals surface area contributed by atoms with Crippen molar-refractivity contribution in [3.8, 4) is 0 Å². The Balaban J connectivity index is 2.35. The maximum absolute atomic E-state index is 9.87. The average Bonchev–Trinajstić information content (AvgIpc) is 1.97. The number of hydrogen-bond acceptors (Lipinski definition) is 3. The zero-order valence-corrected chi connectivity index (χ0v) is 7.14. The molecule has 0 atom stereocenters. The first kappa shape index (κ1) is 8.97. The monoisotopic (exact) mass is 158 g/mol. The quantitative estimate of drug-likeness (QED) is 0.523. The van der Waals surface area contributed by atoms with Crippen molar-refractivity contribution in [2.24, 2.45) is 5.73 Å². The summed E-state index contributed by atoms with van der Waals surface area (Å²) in [6.45, 7) is 0.694. The van der Waals surface area contributed by atoms with Crippen molar-refractivity contribution < 1.29 is 5.11 Å². The van der Waals surface area contributed by atoms with E-state index in [4.69, 9.17) is 5.73 Å². The van der Waals surface area contributed by atoms with E-state index in [1.54, 1.807) is 0 Å². The van der Waals surface area contributed by atoms with Gasteiger partial charge in [0.25, 0.3) is 0 Å². The lowest BCUT2D eigenvalue weighted by Crippen LogP contribution is -2.45. The molecule has 0 aliphatic heterocycles. The van der Waals surface area contributed by atoms with E-state index in [2.05, 4.69) is 5.32 Å². The van der Waals surface area contributed by atoms with Crippen molar-refractivity contribution in [3.63, 3.8) is 0 Å². The third kappa shape index (κ3) is 2.43. The number of nitrogens with two attached hydrogens (primary N) is 1. The molecule has 1 saturated carbocycles. The minimum atomic E-state index is -0.482. The summed E-state index contributed by atoms with van der Waals surface area (Å²) in [5, 5.41) is 12.9. The van der Waals surface area contributed by atoms with Gasteiger partial charge in [0.15, 0.2) is 0 Å². The van der Waals surface area contributed by atoms with E-state index < -0.39 is 5.60 Å². The molecule has 0 aromatic carbocycles. The number of nitrogens with one attached hydrogen (secondary N) is 1. The third-order valence-electron chi connectivity index (χ3n) is 2.47. The van der Waals surface area contributed by atoms with Crippen molar-refractivity contribution in [1.82, 2.24) is 5.32 Å². The standard InChI is InChI=1S/C8H18N2O/c1-10-6-8(11)4-2-7(9)3-5-8/h7,10-11H,2-6,9H2,1H3. The maximum atomic E-state index is 9.87. The normalized spacial score (nSPS) is 39.0. The van der Waals surface area contributed by atoms with E-state index in [0.29, 0.717) is 12.6 Å². The molecule has 0 spiro atoms. The van der Waals surface area contributed by atoms with Gasteiger partial charge in [0, 0.05) is 12.6 Å². The molecular weight excluding hydrogens is 140 g/mol. The van der Waals surface area contributed by atoms with Crippen LogP contribution >= 0.6 is 0 Å². The zero-order valence-electron chi connectivity index (χ0n) is 7.14. The predicted octanol–water partition coefficient (Wildman–Crippen LogP) is -0.162. The van der Waals surface area contributed by atoms with Gasteiger partial charge in [-0.05, 0) is 32.7 Å². The van der Waals surface area contributed by atoms with Gasteiger partial charge in [-0.3, -0.25) is 0 Å². The van der Waals surface area contributed by atoms with Crippen LogP contribution in [0.15, 0.2) is 0 Å². The van der Waals surface area contributed by atoms with Crippen LogP contribution in [0.25, 0.3) is 0 Å². The molecule has 4 N–H and O–H groups in total. The highest BCUT2D eigenvalue weighted by atomic mass is 16.3. The molecule has 3 heteroatoms. The van der Waals surface area contributed by atoms with Crippen molar-refractivity contribution in [1.29, 1.82) is 0 Å². The van der Waals surface area contributed by atoms with Crippen LogP contribution in [0.2, 0.25) is 0 Å². The summed E-state index contributed by atoms with van der Waals surface area (Å²) in [4.78, 5) is 0. The van der Waals surface area contributed by atoms with Crippen LogP contribution in [0.1, 0.15) is 25.7 Å². The smallest absolute Gasteiger partial charge is 0.0772 e. The Morgan fingerprint density at radius 1 is 1.55 bits per heavy atom. The van der Waals surface area contributed by atoms with E-state index >= 15 is 0 Å². The lowest BCUT2D eigenvalue weighted by molar-refractivity contribution is 0.00232. The Morgan fingerprint density at radius 3 is 2.55 bits per heavy atom. The second kappa shape index (κ2) is 3.52. The molecular formula is C8H18N2O. The Bertz CT molecular complexity index is 119. The van der Waals surface area contributed by atoms with E-state index in [1.807, 2.05) is 7.05 Å². The third-order valence-corrected chi connectivity index (χ3v) is 2.47. The summed E-state index contributed by atoms with van der Waals surface area (Å²) in [5.74, 6) is 0. The summed E-state index contributed by atoms with van der Waals surface area (Å²) in [6.07, 6.45) is 3.60. The van der Waals surface area contributed by atoms with Crippen LogP contribution in [0.3, 0.4) is 0 Å². The predicted molar refractivity (Wildman–Crippen MR) is 45.3 cm³/mol. The molecule has 0 bridgehead atoms. The first-order valence-corrected chi connectivity index (χ1v) is 4.29. The highest BCUT2D eigenvalue weighted by Gasteiger charge is 2.30. The maximum Gasteiger partial charge on any atom is 0.0772 e. The first-order chi connectivity index (χ1) is 5.16. The van der Waals surface area contributed by atoms with Crippen molar-refractivity contribution in [2.75, 3.05) is 13.6 Å². The van der Waals surface area contributed by atoms with Crippen LogP contribution in [0.5, 0.6) is 0 Å². The molecule has 0 aromatic rings. The zero-order chi connectivity index (χ0) is 8.32. The minimum Gasteiger partial charge on any atom is -0.389 e. The fraction of sp³-hybridized carbons (Fsp3) is 1.00. The van der Waals surface area contributed by atoms with Gasteiger partial charge in [0.2, 0.25) is 0 Å². The Hall–Kier alpha value is -0.120. The molecule has 3 nitrogen and oxygen atoms in total. The molecule has 11 heavy (non-hydrogen) atoms. The lowest BCUT2D eigenvalue weighted by atomic mass is 9.82. The topological polar surface area (TPSA) is 58.3 Å². The van der Waals surface area contributed by atoms with E-state index in [-0.39, 0.29) is 0 Å². The van der Waals surface area contributed by atoms with Crippen molar-refractivity contribution in [2.45, 2.75) is 37.3 Å². The molecule has 0 saturated heterocycles. The van der Waals surface area contributed by atoms with Crippen LogP contribution in [-0.4, -0.2) is 30.3 Å². The Labute approximate surface area is 68.0 Å². The molecule has 0 radical (unpaired) electrons. The van der Waals surface area contributed by atoms with Gasteiger partial charge in [0.05, 0.1) is 5.60 Å². The van der Waals surface area contributed by atoms with Crippen LogP contribution in [0.4, 0.5) is 0 Å². The van der Waals surface area contributed by atoms with Crippen LogP contribution in [-0.2, 0) is 0 Å². The summed E-state index contributed by atoms with van der Waals surface area (Å²) < 4.78 is 0. The minimum absolute atomic E-state index is 0.312. The second-order valence-corrected chi connectivity index (χ2v) is 3.59. The molecule has 1 fully saturated rings. The van der Waals surface area contributed by atoms with Crippen LogP contribution in [0, 0.1) is 0 Å². The second-order valence-electron chi connectivity index (χ2n) is 3.59. The molecule has 0 heterocycles. The molecule has 1 aliphatic rings. The molecule has 0 amide bonds. The summed E-state index contributed by atoms with van der Waals surface area (Å²) in [7, 11) is 1.87. The summed E-state index contributed by atoms with van der Waals surface area (Å²) in [6, 6.07) is 0.312. The number of rotatable bonds is 2. The van der Waals surface area contributed by atoms with Gasteiger partial charge >= 0.3 is 0 Å². The first-order valence-electron chi connectivity index (χ1n) is 4.29. The van der Waals surface area contributed by atoms with E-state index in [0.717, 1.165) is 25.7 Å². The van der Waals surface area contributed by atoms with Gasteiger partial charge < -0.3 is 16.2 Å². The Kier molecular flexibility index (Phi) is 2.87. The molecule has 0 aromatic heterocycles. The van der Waals surface area contributed by atoms with Crippen molar-refractivity contribution >= 4 is 0 Å². The van der Waals surface area contributed by atoms with E-state index in [1.165, 1.54) is 0 Å². The van der Waals surface area contributed by atoms with Gasteiger partial charge in [-0.1, -0.05) is 0 Å². The van der Waals surface area contributed by atoms with Crippen molar-refractivity contribution in [3.05, 3.63) is 0 Å². The number of aliphatic hydroxyl groups is 1. The summed E-state index contributed by atoms with van der Waals surface area (Å²) >= 11 is 0. The average molecular weight is 158 g/mol. The van der Waals surface area contributed by atoms with Gasteiger partial charge in [-0.15, -0.1) is 0 Å². The highest BCUT2D eigenvalue weighted by molar-refractivity contribution is 4.87.